The molecule has 2 rings (SSSR count). The van der Waals surface area contributed by atoms with Gasteiger partial charge in [-0.25, -0.2) is 0 Å². The third-order valence-electron chi connectivity index (χ3n) is 3.58. The van der Waals surface area contributed by atoms with Crippen molar-refractivity contribution in [2.45, 2.75) is 32.4 Å². The monoisotopic (exact) mass is 274 g/mol. The number of hydrogen-bond donors (Lipinski definition) is 0. The van der Waals surface area contributed by atoms with E-state index in [1.54, 1.807) is 12.1 Å². The van der Waals surface area contributed by atoms with E-state index in [1.807, 2.05) is 12.1 Å². The van der Waals surface area contributed by atoms with Gasteiger partial charge in [0, 0.05) is 19.1 Å². The number of nitrogens with zero attached hydrogens (tertiary/aromatic N) is 2. The lowest BCUT2D eigenvalue weighted by molar-refractivity contribution is -0.0502. The summed E-state index contributed by atoms with van der Waals surface area (Å²) in [7, 11) is 0. The molecule has 0 saturated carbocycles. The average molecular weight is 274 g/mol. The molecule has 20 heavy (non-hydrogen) atoms. The van der Waals surface area contributed by atoms with E-state index in [9.17, 15) is 0 Å². The fourth-order valence-electron chi connectivity index (χ4n) is 2.37. The summed E-state index contributed by atoms with van der Waals surface area (Å²) in [5.74, 6) is 0.826. The summed E-state index contributed by atoms with van der Waals surface area (Å²) >= 11 is 0. The van der Waals surface area contributed by atoms with Crippen LogP contribution < -0.4 is 4.74 Å². The molecule has 0 aliphatic carbocycles. The van der Waals surface area contributed by atoms with E-state index in [4.69, 9.17) is 14.7 Å². The smallest absolute Gasteiger partial charge is 0.119 e. The van der Waals surface area contributed by atoms with Gasteiger partial charge in [0.15, 0.2) is 0 Å². The molecule has 0 N–H and O–H groups in total. The van der Waals surface area contributed by atoms with Gasteiger partial charge in [-0.2, -0.15) is 5.26 Å². The van der Waals surface area contributed by atoms with Crippen LogP contribution in [-0.4, -0.2) is 43.3 Å². The second-order valence-corrected chi connectivity index (χ2v) is 5.33. The Morgan fingerprint density at radius 3 is 2.80 bits per heavy atom. The van der Waals surface area contributed by atoms with Gasteiger partial charge < -0.3 is 9.47 Å². The van der Waals surface area contributed by atoms with Crippen molar-refractivity contribution in [3.63, 3.8) is 0 Å². The summed E-state index contributed by atoms with van der Waals surface area (Å²) in [6.45, 7) is 7.87. The third kappa shape index (κ3) is 4.22. The lowest BCUT2D eigenvalue weighted by Gasteiger charge is -2.36. The molecule has 108 valence electrons. The van der Waals surface area contributed by atoms with E-state index in [0.717, 1.165) is 31.9 Å². The van der Waals surface area contributed by atoms with E-state index in [0.29, 0.717) is 24.3 Å². The summed E-state index contributed by atoms with van der Waals surface area (Å²) in [5, 5.41) is 8.73. The van der Waals surface area contributed by atoms with Gasteiger partial charge in [-0.1, -0.05) is 0 Å². The fraction of sp³-hybridized carbons (Fsp3) is 0.562. The van der Waals surface area contributed by atoms with Crippen molar-refractivity contribution >= 4 is 0 Å². The van der Waals surface area contributed by atoms with Crippen LogP contribution in [0.4, 0.5) is 0 Å². The van der Waals surface area contributed by atoms with Crippen molar-refractivity contribution in [1.29, 1.82) is 5.26 Å². The van der Waals surface area contributed by atoms with Gasteiger partial charge in [-0.15, -0.1) is 0 Å². The minimum Gasteiger partial charge on any atom is -0.494 e. The number of morpholine rings is 1. The van der Waals surface area contributed by atoms with Gasteiger partial charge in [0.1, 0.15) is 5.75 Å². The highest BCUT2D eigenvalue weighted by Crippen LogP contribution is 2.13. The molecule has 0 spiro atoms. The fourth-order valence-corrected chi connectivity index (χ4v) is 2.37. The standard InChI is InChI=1S/C16H22N2O2/c1-13-12-20-14(2)11-18(13)8-3-9-19-16-6-4-15(10-17)5-7-16/h4-7,13-14H,3,8-9,11-12H2,1-2H3. The van der Waals surface area contributed by atoms with Crippen LogP contribution in [0.1, 0.15) is 25.8 Å². The van der Waals surface area contributed by atoms with E-state index < -0.39 is 0 Å². The van der Waals surface area contributed by atoms with Gasteiger partial charge in [-0.3, -0.25) is 4.90 Å². The van der Waals surface area contributed by atoms with Gasteiger partial charge in [0.05, 0.1) is 31.0 Å². The molecule has 1 aliphatic heterocycles. The first-order chi connectivity index (χ1) is 9.69. The van der Waals surface area contributed by atoms with Crippen LogP contribution >= 0.6 is 0 Å². The number of rotatable bonds is 5. The molecule has 1 heterocycles. The predicted octanol–water partition coefficient (Wildman–Crippen LogP) is 2.44. The molecule has 0 aromatic heterocycles. The van der Waals surface area contributed by atoms with Crippen molar-refractivity contribution in [3.8, 4) is 11.8 Å². The first kappa shape index (κ1) is 14.8. The van der Waals surface area contributed by atoms with E-state index in [2.05, 4.69) is 24.8 Å². The van der Waals surface area contributed by atoms with Crippen LogP contribution in [0.3, 0.4) is 0 Å². The van der Waals surface area contributed by atoms with Crippen LogP contribution in [0, 0.1) is 11.3 Å². The third-order valence-corrected chi connectivity index (χ3v) is 3.58. The maximum absolute atomic E-state index is 8.73. The molecular formula is C16H22N2O2. The second kappa shape index (κ2) is 7.28. The van der Waals surface area contributed by atoms with Crippen LogP contribution in [0.15, 0.2) is 24.3 Å². The highest BCUT2D eigenvalue weighted by Gasteiger charge is 2.22. The Kier molecular flexibility index (Phi) is 5.40. The number of hydrogen-bond acceptors (Lipinski definition) is 4. The maximum atomic E-state index is 8.73. The van der Waals surface area contributed by atoms with Gasteiger partial charge >= 0.3 is 0 Å². The van der Waals surface area contributed by atoms with Gasteiger partial charge in [0.25, 0.3) is 0 Å². The Bertz CT molecular complexity index is 453. The quantitative estimate of drug-likeness (QED) is 0.774. The summed E-state index contributed by atoms with van der Waals surface area (Å²) in [6.07, 6.45) is 1.32. The molecule has 4 nitrogen and oxygen atoms in total. The first-order valence-corrected chi connectivity index (χ1v) is 7.17. The molecule has 0 radical (unpaired) electrons. The topological polar surface area (TPSA) is 45.5 Å². The number of benzene rings is 1. The van der Waals surface area contributed by atoms with Crippen LogP contribution in [0.2, 0.25) is 0 Å². The normalized spacial score (nSPS) is 23.2. The lowest BCUT2D eigenvalue weighted by atomic mass is 10.2. The molecule has 1 aromatic carbocycles. The van der Waals surface area contributed by atoms with Gasteiger partial charge in [-0.05, 0) is 44.5 Å². The lowest BCUT2D eigenvalue weighted by Crippen LogP contribution is -2.47. The van der Waals surface area contributed by atoms with E-state index in [-0.39, 0.29) is 0 Å². The largest absolute Gasteiger partial charge is 0.494 e. The molecule has 1 saturated heterocycles. The maximum Gasteiger partial charge on any atom is 0.119 e. The summed E-state index contributed by atoms with van der Waals surface area (Å²) in [6, 6.07) is 9.83. The van der Waals surface area contributed by atoms with Crippen molar-refractivity contribution in [1.82, 2.24) is 4.90 Å². The highest BCUT2D eigenvalue weighted by molar-refractivity contribution is 5.34. The van der Waals surface area contributed by atoms with Crippen LogP contribution in [0.5, 0.6) is 5.75 Å². The summed E-state index contributed by atoms with van der Waals surface area (Å²) in [5.41, 5.74) is 0.661. The summed E-state index contributed by atoms with van der Waals surface area (Å²) < 4.78 is 11.3. The zero-order valence-electron chi connectivity index (χ0n) is 12.2. The number of ether oxygens (including phenoxy) is 2. The van der Waals surface area contributed by atoms with Crippen LogP contribution in [0.25, 0.3) is 0 Å². The SMILES string of the molecule is CC1CN(CCCOc2ccc(C#N)cc2)C(C)CO1. The molecule has 1 aliphatic rings. The van der Waals surface area contributed by atoms with E-state index >= 15 is 0 Å². The molecule has 1 fully saturated rings. The van der Waals surface area contributed by atoms with Crippen molar-refractivity contribution in [3.05, 3.63) is 29.8 Å². The Labute approximate surface area is 120 Å². The van der Waals surface area contributed by atoms with Crippen molar-refractivity contribution in [2.24, 2.45) is 0 Å². The molecule has 1 aromatic rings. The first-order valence-electron chi connectivity index (χ1n) is 7.17. The van der Waals surface area contributed by atoms with Crippen LogP contribution in [-0.2, 0) is 4.74 Å². The molecule has 2 unspecified atom stereocenters. The molecule has 4 heteroatoms. The molecule has 0 amide bonds. The molecule has 0 bridgehead atoms. The second-order valence-electron chi connectivity index (χ2n) is 5.33. The van der Waals surface area contributed by atoms with Crippen molar-refractivity contribution in [2.75, 3.05) is 26.3 Å². The van der Waals surface area contributed by atoms with E-state index in [1.165, 1.54) is 0 Å². The van der Waals surface area contributed by atoms with Crippen molar-refractivity contribution < 1.29 is 9.47 Å². The zero-order valence-corrected chi connectivity index (χ0v) is 12.2. The predicted molar refractivity (Wildman–Crippen MR) is 77.7 cm³/mol. The minimum atomic E-state index is 0.325. The average Bonchev–Trinajstić information content (AvgIpc) is 2.47. The Morgan fingerprint density at radius 2 is 2.10 bits per heavy atom. The van der Waals surface area contributed by atoms with Gasteiger partial charge in [0.2, 0.25) is 0 Å². The molecule has 2 atom stereocenters. The summed E-state index contributed by atoms with van der Waals surface area (Å²) in [4.78, 5) is 2.45. The zero-order chi connectivity index (χ0) is 14.4. The Morgan fingerprint density at radius 1 is 1.35 bits per heavy atom. The Hall–Kier alpha value is -1.57. The minimum absolute atomic E-state index is 0.325. The number of nitriles is 1. The highest BCUT2D eigenvalue weighted by atomic mass is 16.5. The Balaban J connectivity index is 1.69. The molecular weight excluding hydrogens is 252 g/mol.